The first kappa shape index (κ1) is 11.1. The molecule has 5 heteroatoms. The predicted molar refractivity (Wildman–Crippen MR) is 65.9 cm³/mol. The molecule has 0 bridgehead atoms. The molecule has 2 rings (SSSR count). The van der Waals surface area contributed by atoms with Crippen molar-refractivity contribution in [2.45, 2.75) is 11.4 Å². The second kappa shape index (κ2) is 4.65. The molecule has 0 radical (unpaired) electrons. The predicted octanol–water partition coefficient (Wildman–Crippen LogP) is 2.30. The number of carboxylic acid groups (broad SMARTS) is 1. The van der Waals surface area contributed by atoms with Crippen molar-refractivity contribution < 1.29 is 9.90 Å². The topological polar surface area (TPSA) is 52.9 Å². The van der Waals surface area contributed by atoms with Crippen molar-refractivity contribution in [2.24, 2.45) is 11.0 Å². The van der Waals surface area contributed by atoms with Gasteiger partial charge in [0, 0.05) is 6.21 Å². The lowest BCUT2D eigenvalue weighted by atomic mass is 10.1. The first-order valence-corrected chi connectivity index (χ1v) is 5.85. The molecule has 1 aromatic carbocycles. The minimum absolute atomic E-state index is 0.0824. The van der Waals surface area contributed by atoms with Crippen molar-refractivity contribution in [3.8, 4) is 0 Å². The fourth-order valence-corrected chi connectivity index (χ4v) is 2.31. The van der Waals surface area contributed by atoms with Crippen molar-refractivity contribution in [1.82, 2.24) is 0 Å². The van der Waals surface area contributed by atoms with Crippen molar-refractivity contribution in [2.75, 3.05) is 5.01 Å². The molecule has 1 N–H and O–H groups in total. The maximum absolute atomic E-state index is 10.8. The minimum Gasteiger partial charge on any atom is -0.481 e. The third kappa shape index (κ3) is 2.24. The lowest BCUT2D eigenvalue weighted by Crippen LogP contribution is -2.35. The van der Waals surface area contributed by atoms with Gasteiger partial charge < -0.3 is 5.11 Å². The number of para-hydroxylation sites is 1. The molecule has 1 aromatic rings. The van der Waals surface area contributed by atoms with Gasteiger partial charge in [0.25, 0.3) is 0 Å². The SMILES string of the molecule is O=C(O)C1C=NN(c2ccccc2)C(Br)C1. The van der Waals surface area contributed by atoms with Crippen LogP contribution >= 0.6 is 15.9 Å². The Morgan fingerprint density at radius 1 is 1.44 bits per heavy atom. The molecule has 0 aliphatic carbocycles. The molecule has 0 amide bonds. The number of alkyl halides is 1. The van der Waals surface area contributed by atoms with Gasteiger partial charge in [-0.3, -0.25) is 9.80 Å². The van der Waals surface area contributed by atoms with E-state index in [2.05, 4.69) is 21.0 Å². The Labute approximate surface area is 102 Å². The van der Waals surface area contributed by atoms with Crippen LogP contribution in [0.25, 0.3) is 0 Å². The summed E-state index contributed by atoms with van der Waals surface area (Å²) in [6.45, 7) is 0. The van der Waals surface area contributed by atoms with Crippen LogP contribution in [-0.2, 0) is 4.79 Å². The Hall–Kier alpha value is -1.36. The van der Waals surface area contributed by atoms with Crippen molar-refractivity contribution >= 4 is 33.8 Å². The van der Waals surface area contributed by atoms with E-state index < -0.39 is 11.9 Å². The number of carbonyl (C=O) groups is 1. The molecular formula is C11H11BrN2O2. The molecule has 1 aliphatic heterocycles. The van der Waals surface area contributed by atoms with Gasteiger partial charge in [-0.2, -0.15) is 5.10 Å². The number of nitrogens with zero attached hydrogens (tertiary/aromatic N) is 2. The standard InChI is InChI=1S/C11H11BrN2O2/c12-10-6-8(11(15)16)7-13-14(10)9-4-2-1-3-5-9/h1-5,7-8,10H,6H2,(H,15,16). The summed E-state index contributed by atoms with van der Waals surface area (Å²) < 4.78 is 0. The van der Waals surface area contributed by atoms with Crippen LogP contribution in [0, 0.1) is 5.92 Å². The molecule has 4 nitrogen and oxygen atoms in total. The second-order valence-electron chi connectivity index (χ2n) is 3.56. The Kier molecular flexibility index (Phi) is 3.24. The number of carboxylic acids is 1. The Bertz CT molecular complexity index is 408. The molecule has 16 heavy (non-hydrogen) atoms. The smallest absolute Gasteiger partial charge is 0.312 e. The van der Waals surface area contributed by atoms with E-state index in [1.165, 1.54) is 6.21 Å². The van der Waals surface area contributed by atoms with E-state index in [4.69, 9.17) is 5.11 Å². The van der Waals surface area contributed by atoms with E-state index in [1.807, 2.05) is 30.3 Å². The number of hydrogen-bond donors (Lipinski definition) is 1. The second-order valence-corrected chi connectivity index (χ2v) is 4.62. The number of halogens is 1. The largest absolute Gasteiger partial charge is 0.481 e. The molecular weight excluding hydrogens is 272 g/mol. The number of hydrogen-bond acceptors (Lipinski definition) is 3. The molecule has 0 saturated heterocycles. The van der Waals surface area contributed by atoms with E-state index in [0.29, 0.717) is 6.42 Å². The average molecular weight is 283 g/mol. The van der Waals surface area contributed by atoms with Gasteiger partial charge >= 0.3 is 5.97 Å². The number of anilines is 1. The summed E-state index contributed by atoms with van der Waals surface area (Å²) >= 11 is 3.45. The zero-order valence-electron chi connectivity index (χ0n) is 8.45. The normalized spacial score (nSPS) is 24.4. The number of hydrazone groups is 1. The van der Waals surface area contributed by atoms with Crippen LogP contribution in [0.3, 0.4) is 0 Å². The molecule has 0 saturated carbocycles. The number of benzene rings is 1. The van der Waals surface area contributed by atoms with E-state index >= 15 is 0 Å². The fourth-order valence-electron chi connectivity index (χ4n) is 1.57. The van der Waals surface area contributed by atoms with Gasteiger partial charge in [-0.25, -0.2) is 0 Å². The zero-order valence-corrected chi connectivity index (χ0v) is 10.0. The highest BCUT2D eigenvalue weighted by Crippen LogP contribution is 2.27. The number of aliphatic carboxylic acids is 1. The van der Waals surface area contributed by atoms with Crippen molar-refractivity contribution in [3.05, 3.63) is 30.3 Å². The summed E-state index contributed by atoms with van der Waals surface area (Å²) in [4.78, 5) is 10.7. The zero-order chi connectivity index (χ0) is 11.5. The van der Waals surface area contributed by atoms with Gasteiger partial charge in [0.05, 0.1) is 11.6 Å². The molecule has 2 atom stereocenters. The summed E-state index contributed by atoms with van der Waals surface area (Å²) in [6.07, 6.45) is 1.99. The van der Waals surface area contributed by atoms with Crippen molar-refractivity contribution in [3.63, 3.8) is 0 Å². The molecule has 0 aromatic heterocycles. The summed E-state index contributed by atoms with van der Waals surface area (Å²) in [5.41, 5.74) is 0.949. The molecule has 84 valence electrons. The third-order valence-corrected chi connectivity index (χ3v) is 3.18. The highest BCUT2D eigenvalue weighted by molar-refractivity contribution is 9.09. The third-order valence-electron chi connectivity index (χ3n) is 2.42. The van der Waals surface area contributed by atoms with Crippen LogP contribution in [0.4, 0.5) is 5.69 Å². The van der Waals surface area contributed by atoms with Crippen LogP contribution in [-0.4, -0.2) is 22.2 Å². The highest BCUT2D eigenvalue weighted by Gasteiger charge is 2.28. The highest BCUT2D eigenvalue weighted by atomic mass is 79.9. The molecule has 0 fully saturated rings. The summed E-state index contributed by atoms with van der Waals surface area (Å²) in [5.74, 6) is -1.34. The molecule has 1 heterocycles. The van der Waals surface area contributed by atoms with Gasteiger partial charge in [-0.1, -0.05) is 34.1 Å². The molecule has 0 spiro atoms. The Balaban J connectivity index is 2.20. The molecule has 1 aliphatic rings. The van der Waals surface area contributed by atoms with E-state index in [-0.39, 0.29) is 4.95 Å². The van der Waals surface area contributed by atoms with Crippen LogP contribution < -0.4 is 5.01 Å². The van der Waals surface area contributed by atoms with Crippen LogP contribution in [0.15, 0.2) is 35.4 Å². The Morgan fingerprint density at radius 3 is 2.69 bits per heavy atom. The lowest BCUT2D eigenvalue weighted by Gasteiger charge is -2.29. The van der Waals surface area contributed by atoms with Gasteiger partial charge in [0.15, 0.2) is 0 Å². The average Bonchev–Trinajstić information content (AvgIpc) is 2.30. The summed E-state index contributed by atoms with van der Waals surface area (Å²) in [7, 11) is 0. The van der Waals surface area contributed by atoms with Crippen LogP contribution in [0.1, 0.15) is 6.42 Å². The van der Waals surface area contributed by atoms with E-state index in [9.17, 15) is 4.79 Å². The van der Waals surface area contributed by atoms with Gasteiger partial charge in [-0.05, 0) is 18.6 Å². The van der Waals surface area contributed by atoms with E-state index in [0.717, 1.165) is 5.69 Å². The number of rotatable bonds is 2. The monoisotopic (exact) mass is 282 g/mol. The minimum atomic E-state index is -0.832. The van der Waals surface area contributed by atoms with Crippen LogP contribution in [0.5, 0.6) is 0 Å². The first-order valence-electron chi connectivity index (χ1n) is 4.94. The van der Waals surface area contributed by atoms with Crippen molar-refractivity contribution in [1.29, 1.82) is 0 Å². The molecule has 2 unspecified atom stereocenters. The van der Waals surface area contributed by atoms with Gasteiger partial charge in [0.1, 0.15) is 4.95 Å². The maximum atomic E-state index is 10.8. The lowest BCUT2D eigenvalue weighted by molar-refractivity contribution is -0.139. The Morgan fingerprint density at radius 2 is 2.12 bits per heavy atom. The van der Waals surface area contributed by atoms with Crippen LogP contribution in [0.2, 0.25) is 0 Å². The summed E-state index contributed by atoms with van der Waals surface area (Å²) in [5, 5.41) is 14.8. The quantitative estimate of drug-likeness (QED) is 0.669. The fraction of sp³-hybridized carbons (Fsp3) is 0.273. The van der Waals surface area contributed by atoms with Gasteiger partial charge in [0.2, 0.25) is 0 Å². The maximum Gasteiger partial charge on any atom is 0.312 e. The first-order chi connectivity index (χ1) is 7.68. The van der Waals surface area contributed by atoms with Gasteiger partial charge in [-0.15, -0.1) is 0 Å². The van der Waals surface area contributed by atoms with E-state index in [1.54, 1.807) is 5.01 Å². The summed E-state index contributed by atoms with van der Waals surface area (Å²) in [6, 6.07) is 9.65.